The highest BCUT2D eigenvalue weighted by molar-refractivity contribution is 5.77. The molecule has 1 aromatic heterocycles. The molecule has 0 spiro atoms. The van der Waals surface area contributed by atoms with Gasteiger partial charge in [0.1, 0.15) is 0 Å². The number of nitrogens with zero attached hydrogens (tertiary/aromatic N) is 2. The van der Waals surface area contributed by atoms with Gasteiger partial charge in [-0.3, -0.25) is 0 Å². The Morgan fingerprint density at radius 3 is 3.00 bits per heavy atom. The maximum Gasteiger partial charge on any atom is 0.341 e. The quantitative estimate of drug-likeness (QED) is 0.810. The van der Waals surface area contributed by atoms with Crippen LogP contribution in [0.4, 0.5) is 0 Å². The van der Waals surface area contributed by atoms with Gasteiger partial charge < -0.3 is 9.84 Å². The van der Waals surface area contributed by atoms with Gasteiger partial charge in [0, 0.05) is 11.6 Å². The number of carboxylic acids is 1. The first-order valence-corrected chi connectivity index (χ1v) is 4.32. The number of hydrogen-bond acceptors (Lipinski definition) is 4. The van der Waals surface area contributed by atoms with E-state index in [-0.39, 0.29) is 6.01 Å². The lowest BCUT2D eigenvalue weighted by Crippen LogP contribution is -2.11. The predicted octanol–water partition coefficient (Wildman–Crippen LogP) is 1.09. The lowest BCUT2D eigenvalue weighted by Gasteiger charge is -2.01. The number of hydrogen-bond donors (Lipinski definition) is 1. The van der Waals surface area contributed by atoms with Gasteiger partial charge in [-0.15, -0.1) is 0 Å². The molecule has 1 heterocycles. The van der Waals surface area contributed by atoms with Crippen molar-refractivity contribution >= 4 is 16.9 Å². The summed E-state index contributed by atoms with van der Waals surface area (Å²) in [7, 11) is 0. The first kappa shape index (κ1) is 9.39. The van der Waals surface area contributed by atoms with E-state index in [4.69, 9.17) is 9.84 Å². The molecule has 0 atom stereocenters. The van der Waals surface area contributed by atoms with Gasteiger partial charge in [-0.1, -0.05) is 18.2 Å². The van der Waals surface area contributed by atoms with Crippen molar-refractivity contribution in [2.45, 2.75) is 0 Å². The first-order valence-electron chi connectivity index (χ1n) is 4.32. The zero-order chi connectivity index (χ0) is 10.7. The van der Waals surface area contributed by atoms with Crippen LogP contribution in [0.3, 0.4) is 0 Å². The van der Waals surface area contributed by atoms with E-state index in [1.165, 1.54) is 0 Å². The molecule has 0 aliphatic rings. The SMILES string of the molecule is O=C(O)COc1ncc2ccccc2n1. The van der Waals surface area contributed by atoms with Gasteiger partial charge in [-0.2, -0.15) is 4.98 Å². The molecule has 76 valence electrons. The monoisotopic (exact) mass is 204 g/mol. The van der Waals surface area contributed by atoms with Crippen molar-refractivity contribution in [1.82, 2.24) is 9.97 Å². The third-order valence-electron chi connectivity index (χ3n) is 1.79. The number of carbonyl (C=O) groups is 1. The molecule has 0 amide bonds. The van der Waals surface area contributed by atoms with Gasteiger partial charge in [-0.25, -0.2) is 9.78 Å². The summed E-state index contributed by atoms with van der Waals surface area (Å²) in [6, 6.07) is 7.48. The number of fused-ring (bicyclic) bond motifs is 1. The van der Waals surface area contributed by atoms with Gasteiger partial charge >= 0.3 is 12.0 Å². The summed E-state index contributed by atoms with van der Waals surface area (Å²) >= 11 is 0. The van der Waals surface area contributed by atoms with E-state index < -0.39 is 12.6 Å². The fourth-order valence-electron chi connectivity index (χ4n) is 1.15. The minimum atomic E-state index is -1.05. The Kier molecular flexibility index (Phi) is 2.45. The average molecular weight is 204 g/mol. The number of rotatable bonds is 3. The van der Waals surface area contributed by atoms with Gasteiger partial charge in [0.15, 0.2) is 6.61 Å². The van der Waals surface area contributed by atoms with Crippen LogP contribution in [0.2, 0.25) is 0 Å². The maximum atomic E-state index is 10.3. The topological polar surface area (TPSA) is 72.3 Å². The summed E-state index contributed by atoms with van der Waals surface area (Å²) < 4.78 is 4.85. The normalized spacial score (nSPS) is 10.1. The van der Waals surface area contributed by atoms with Crippen LogP contribution in [0.5, 0.6) is 6.01 Å². The van der Waals surface area contributed by atoms with Gasteiger partial charge in [-0.05, 0) is 6.07 Å². The first-order chi connectivity index (χ1) is 7.25. The standard InChI is InChI=1S/C10H8N2O3/c13-9(14)6-15-10-11-5-7-3-1-2-4-8(7)12-10/h1-5H,6H2,(H,13,14). The summed E-state index contributed by atoms with van der Waals surface area (Å²) in [5.41, 5.74) is 0.730. The molecular formula is C10H8N2O3. The van der Waals surface area contributed by atoms with Crippen molar-refractivity contribution < 1.29 is 14.6 Å². The van der Waals surface area contributed by atoms with E-state index in [0.717, 1.165) is 10.9 Å². The summed E-state index contributed by atoms with van der Waals surface area (Å²) in [6.45, 7) is -0.432. The minimum absolute atomic E-state index is 0.0797. The highest BCUT2D eigenvalue weighted by Crippen LogP contribution is 2.12. The van der Waals surface area contributed by atoms with E-state index >= 15 is 0 Å². The molecule has 0 bridgehead atoms. The van der Waals surface area contributed by atoms with Crippen LogP contribution < -0.4 is 4.74 Å². The fourth-order valence-corrected chi connectivity index (χ4v) is 1.15. The van der Waals surface area contributed by atoms with Crippen molar-refractivity contribution in [3.63, 3.8) is 0 Å². The Bertz CT molecular complexity index is 499. The van der Waals surface area contributed by atoms with Crippen LogP contribution in [0.1, 0.15) is 0 Å². The Morgan fingerprint density at radius 1 is 1.40 bits per heavy atom. The van der Waals surface area contributed by atoms with Crippen molar-refractivity contribution in [3.05, 3.63) is 30.5 Å². The molecule has 15 heavy (non-hydrogen) atoms. The highest BCUT2D eigenvalue weighted by atomic mass is 16.5. The Hall–Kier alpha value is -2.17. The summed E-state index contributed by atoms with van der Waals surface area (Å²) in [5, 5.41) is 9.30. The third kappa shape index (κ3) is 2.19. The molecule has 2 aromatic rings. The van der Waals surface area contributed by atoms with Crippen LogP contribution in [0.15, 0.2) is 30.5 Å². The molecule has 2 rings (SSSR count). The summed E-state index contributed by atoms with van der Waals surface area (Å²) in [4.78, 5) is 18.2. The van der Waals surface area contributed by atoms with E-state index in [0.29, 0.717) is 0 Å². The molecule has 0 unspecified atom stereocenters. The minimum Gasteiger partial charge on any atom is -0.479 e. The van der Waals surface area contributed by atoms with Crippen molar-refractivity contribution in [3.8, 4) is 6.01 Å². The number of para-hydroxylation sites is 1. The molecule has 0 saturated heterocycles. The number of ether oxygens (including phenoxy) is 1. The van der Waals surface area contributed by atoms with E-state index in [1.807, 2.05) is 24.3 Å². The third-order valence-corrected chi connectivity index (χ3v) is 1.79. The van der Waals surface area contributed by atoms with Crippen LogP contribution in [0, 0.1) is 0 Å². The van der Waals surface area contributed by atoms with Crippen molar-refractivity contribution in [2.24, 2.45) is 0 Å². The molecule has 0 saturated carbocycles. The molecule has 0 aliphatic carbocycles. The lowest BCUT2D eigenvalue weighted by atomic mass is 10.2. The fraction of sp³-hybridized carbons (Fsp3) is 0.100. The van der Waals surface area contributed by atoms with Gasteiger partial charge in [0.2, 0.25) is 0 Å². The summed E-state index contributed by atoms with van der Waals surface area (Å²) in [5.74, 6) is -1.05. The zero-order valence-corrected chi connectivity index (χ0v) is 7.75. The highest BCUT2D eigenvalue weighted by Gasteiger charge is 2.02. The molecule has 5 heteroatoms. The second-order valence-corrected chi connectivity index (χ2v) is 2.89. The molecule has 0 radical (unpaired) electrons. The molecule has 0 aliphatic heterocycles. The predicted molar refractivity (Wildman–Crippen MR) is 52.7 cm³/mol. The molecular weight excluding hydrogens is 196 g/mol. The molecule has 1 N–H and O–H groups in total. The molecule has 5 nitrogen and oxygen atoms in total. The second kappa shape index (κ2) is 3.91. The van der Waals surface area contributed by atoms with E-state index in [9.17, 15) is 4.79 Å². The van der Waals surface area contributed by atoms with Gasteiger partial charge in [0.05, 0.1) is 5.52 Å². The zero-order valence-electron chi connectivity index (χ0n) is 7.75. The Labute approximate surface area is 85.4 Å². The second-order valence-electron chi connectivity index (χ2n) is 2.89. The largest absolute Gasteiger partial charge is 0.479 e. The molecule has 1 aromatic carbocycles. The average Bonchev–Trinajstić information content (AvgIpc) is 2.26. The number of aliphatic carboxylic acids is 1. The van der Waals surface area contributed by atoms with Crippen LogP contribution in [-0.4, -0.2) is 27.7 Å². The summed E-state index contributed by atoms with van der Waals surface area (Å²) in [6.07, 6.45) is 1.60. The van der Waals surface area contributed by atoms with Crippen molar-refractivity contribution in [1.29, 1.82) is 0 Å². The number of aromatic nitrogens is 2. The van der Waals surface area contributed by atoms with Crippen molar-refractivity contribution in [2.75, 3.05) is 6.61 Å². The van der Waals surface area contributed by atoms with E-state index in [2.05, 4.69) is 9.97 Å². The number of carboxylic acid groups (broad SMARTS) is 1. The number of benzene rings is 1. The van der Waals surface area contributed by atoms with Crippen LogP contribution >= 0.6 is 0 Å². The smallest absolute Gasteiger partial charge is 0.341 e. The Morgan fingerprint density at radius 2 is 2.20 bits per heavy atom. The Balaban J connectivity index is 2.26. The van der Waals surface area contributed by atoms with Crippen LogP contribution in [0.25, 0.3) is 10.9 Å². The lowest BCUT2D eigenvalue weighted by molar-refractivity contribution is -0.139. The van der Waals surface area contributed by atoms with E-state index in [1.54, 1.807) is 6.20 Å². The van der Waals surface area contributed by atoms with Crippen LogP contribution in [-0.2, 0) is 4.79 Å². The maximum absolute atomic E-state index is 10.3. The molecule has 0 fully saturated rings. The van der Waals surface area contributed by atoms with Gasteiger partial charge in [0.25, 0.3) is 0 Å².